The first-order valence-electron chi connectivity index (χ1n) is 10.8. The number of nitrogens with one attached hydrogen (secondary N) is 2. The smallest absolute Gasteiger partial charge is 0.216 e. The van der Waals surface area contributed by atoms with Crippen LogP contribution in [0.4, 0.5) is 5.69 Å². The van der Waals surface area contributed by atoms with Gasteiger partial charge in [-0.25, -0.2) is 13.1 Å². The molecule has 7 heteroatoms. The Morgan fingerprint density at radius 3 is 2.21 bits per heavy atom. The molecule has 0 unspecified atom stereocenters. The Labute approximate surface area is 175 Å². The van der Waals surface area contributed by atoms with Crippen LogP contribution in [0.1, 0.15) is 59.3 Å². The summed E-state index contributed by atoms with van der Waals surface area (Å²) < 4.78 is 38.2. The van der Waals surface area contributed by atoms with E-state index >= 15 is 0 Å². The van der Waals surface area contributed by atoms with E-state index in [0.717, 1.165) is 69.7 Å². The number of benzene rings is 1. The molecular weight excluding hydrogens is 388 g/mol. The zero-order valence-electron chi connectivity index (χ0n) is 17.9. The van der Waals surface area contributed by atoms with E-state index in [0.29, 0.717) is 5.92 Å². The van der Waals surface area contributed by atoms with Gasteiger partial charge in [-0.05, 0) is 76.6 Å². The van der Waals surface area contributed by atoms with Crippen molar-refractivity contribution in [3.05, 3.63) is 24.3 Å². The maximum absolute atomic E-state index is 12.3. The highest BCUT2D eigenvalue weighted by atomic mass is 32.2. The molecule has 1 saturated carbocycles. The molecular formula is C22H36N2O4S. The molecule has 1 aromatic carbocycles. The average molecular weight is 425 g/mol. The van der Waals surface area contributed by atoms with Crippen LogP contribution >= 0.6 is 0 Å². The van der Waals surface area contributed by atoms with Gasteiger partial charge >= 0.3 is 0 Å². The van der Waals surface area contributed by atoms with E-state index in [2.05, 4.69) is 22.2 Å². The summed E-state index contributed by atoms with van der Waals surface area (Å²) in [5.41, 5.74) is 1.10. The van der Waals surface area contributed by atoms with Crippen molar-refractivity contribution in [1.29, 1.82) is 0 Å². The van der Waals surface area contributed by atoms with E-state index in [1.165, 1.54) is 0 Å². The molecule has 0 radical (unpaired) electrons. The summed E-state index contributed by atoms with van der Waals surface area (Å²) in [5.74, 6) is 1.48. The number of anilines is 1. The van der Waals surface area contributed by atoms with E-state index in [-0.39, 0.29) is 12.1 Å². The van der Waals surface area contributed by atoms with Gasteiger partial charge in [0, 0.05) is 31.1 Å². The van der Waals surface area contributed by atoms with Crippen LogP contribution < -0.4 is 14.8 Å². The van der Waals surface area contributed by atoms with Gasteiger partial charge in [-0.3, -0.25) is 0 Å². The van der Waals surface area contributed by atoms with Crippen molar-refractivity contribution in [2.45, 2.75) is 76.2 Å². The van der Waals surface area contributed by atoms with Crippen molar-refractivity contribution in [1.82, 2.24) is 4.72 Å². The van der Waals surface area contributed by atoms with E-state index in [4.69, 9.17) is 9.47 Å². The molecule has 2 aliphatic rings. The lowest BCUT2D eigenvalue weighted by Crippen LogP contribution is -2.46. The first-order valence-corrected chi connectivity index (χ1v) is 12.3. The minimum atomic E-state index is -3.27. The molecule has 0 aromatic heterocycles. The molecule has 1 saturated heterocycles. The fraction of sp³-hybridized carbons (Fsp3) is 0.727. The van der Waals surface area contributed by atoms with Crippen LogP contribution in [0, 0.1) is 5.92 Å². The van der Waals surface area contributed by atoms with Crippen molar-refractivity contribution >= 4 is 15.7 Å². The van der Waals surface area contributed by atoms with Crippen molar-refractivity contribution < 1.29 is 17.9 Å². The van der Waals surface area contributed by atoms with Crippen LogP contribution in [0.5, 0.6) is 5.75 Å². The predicted octanol–water partition coefficient (Wildman–Crippen LogP) is 3.93. The number of hydrogen-bond acceptors (Lipinski definition) is 5. The van der Waals surface area contributed by atoms with Crippen molar-refractivity contribution in [2.24, 2.45) is 5.92 Å². The first-order chi connectivity index (χ1) is 13.7. The third-order valence-corrected chi connectivity index (χ3v) is 8.15. The number of rotatable bonds is 7. The first kappa shape index (κ1) is 22.4. The second-order valence-corrected chi connectivity index (χ2v) is 11.8. The summed E-state index contributed by atoms with van der Waals surface area (Å²) in [5, 5.41) is 3.52. The number of ether oxygens (including phenoxy) is 2. The Kier molecular flexibility index (Phi) is 7.46. The van der Waals surface area contributed by atoms with Crippen LogP contribution in [0.25, 0.3) is 0 Å². The van der Waals surface area contributed by atoms with Crippen molar-refractivity contribution in [3.8, 4) is 5.75 Å². The van der Waals surface area contributed by atoms with Gasteiger partial charge in [0.05, 0.1) is 18.0 Å². The molecule has 1 aliphatic carbocycles. The Balaban J connectivity index is 1.39. The Morgan fingerprint density at radius 2 is 1.62 bits per heavy atom. The van der Waals surface area contributed by atoms with Gasteiger partial charge in [-0.15, -0.1) is 0 Å². The van der Waals surface area contributed by atoms with Gasteiger partial charge in [0.1, 0.15) is 11.9 Å². The van der Waals surface area contributed by atoms with Gasteiger partial charge in [-0.2, -0.15) is 0 Å². The highest BCUT2D eigenvalue weighted by molar-refractivity contribution is 7.90. The Morgan fingerprint density at radius 1 is 1.00 bits per heavy atom. The van der Waals surface area contributed by atoms with Gasteiger partial charge in [-0.1, -0.05) is 0 Å². The topological polar surface area (TPSA) is 76.7 Å². The van der Waals surface area contributed by atoms with Crippen LogP contribution in [-0.4, -0.2) is 45.1 Å². The highest BCUT2D eigenvalue weighted by Gasteiger charge is 2.32. The highest BCUT2D eigenvalue weighted by Crippen LogP contribution is 2.27. The quantitative estimate of drug-likeness (QED) is 0.693. The van der Waals surface area contributed by atoms with E-state index in [1.54, 1.807) is 20.8 Å². The van der Waals surface area contributed by atoms with Gasteiger partial charge in [0.2, 0.25) is 10.0 Å². The summed E-state index contributed by atoms with van der Waals surface area (Å²) >= 11 is 0. The van der Waals surface area contributed by atoms with Gasteiger partial charge < -0.3 is 14.8 Å². The molecule has 2 fully saturated rings. The molecule has 3 rings (SSSR count). The summed E-state index contributed by atoms with van der Waals surface area (Å²) in [6, 6.07) is 8.25. The lowest BCUT2D eigenvalue weighted by molar-refractivity contribution is 0.0256. The number of sulfonamides is 1. The normalized spacial score (nSPS) is 24.2. The van der Waals surface area contributed by atoms with E-state index in [1.807, 2.05) is 12.1 Å². The molecule has 0 amide bonds. The maximum atomic E-state index is 12.3. The maximum Gasteiger partial charge on any atom is 0.216 e. The molecule has 164 valence electrons. The summed E-state index contributed by atoms with van der Waals surface area (Å²) in [7, 11) is -3.27. The minimum Gasteiger partial charge on any atom is -0.490 e. The largest absolute Gasteiger partial charge is 0.490 e. The lowest BCUT2D eigenvalue weighted by atomic mass is 9.86. The Bertz CT molecular complexity index is 729. The second kappa shape index (κ2) is 9.67. The fourth-order valence-electron chi connectivity index (χ4n) is 3.78. The molecule has 6 nitrogen and oxygen atoms in total. The van der Waals surface area contributed by atoms with Crippen molar-refractivity contribution in [3.63, 3.8) is 0 Å². The average Bonchev–Trinajstić information content (AvgIpc) is 2.68. The molecule has 0 bridgehead atoms. The van der Waals surface area contributed by atoms with E-state index in [9.17, 15) is 8.42 Å². The zero-order chi connectivity index (χ0) is 20.9. The summed E-state index contributed by atoms with van der Waals surface area (Å²) in [6.45, 7) is 7.70. The molecule has 0 atom stereocenters. The van der Waals surface area contributed by atoms with E-state index < -0.39 is 14.8 Å². The SMILES string of the molecule is CC(C)(C)S(=O)(=O)N[C@H]1CC[C@H](CNc2ccc(OC3CCOCC3)cc2)CC1. The third-order valence-electron chi connectivity index (χ3n) is 5.90. The molecule has 0 spiro atoms. The zero-order valence-corrected chi connectivity index (χ0v) is 18.8. The Hall–Kier alpha value is -1.31. The van der Waals surface area contributed by atoms with Gasteiger partial charge in [0.15, 0.2) is 0 Å². The summed E-state index contributed by atoms with van der Waals surface area (Å²) in [4.78, 5) is 0. The standard InChI is InChI=1S/C22H36N2O4S/c1-22(2,3)29(25,26)24-19-6-4-17(5-7-19)16-23-18-8-10-20(11-9-18)28-21-12-14-27-15-13-21/h8-11,17,19,21,23-24H,4-7,12-16H2,1-3H3/t17-,19-. The van der Waals surface area contributed by atoms with Crippen molar-refractivity contribution in [2.75, 3.05) is 25.1 Å². The van der Waals surface area contributed by atoms with Gasteiger partial charge in [0.25, 0.3) is 0 Å². The number of hydrogen-bond donors (Lipinski definition) is 2. The molecule has 29 heavy (non-hydrogen) atoms. The molecule has 1 aliphatic heterocycles. The van der Waals surface area contributed by atoms with Crippen LogP contribution in [0.3, 0.4) is 0 Å². The molecule has 1 heterocycles. The van der Waals surface area contributed by atoms with Crippen LogP contribution in [0.15, 0.2) is 24.3 Å². The predicted molar refractivity (Wildman–Crippen MR) is 117 cm³/mol. The third kappa shape index (κ3) is 6.59. The molecule has 1 aromatic rings. The lowest BCUT2D eigenvalue weighted by Gasteiger charge is -2.31. The monoisotopic (exact) mass is 424 g/mol. The van der Waals surface area contributed by atoms with Crippen LogP contribution in [-0.2, 0) is 14.8 Å². The minimum absolute atomic E-state index is 0.0668. The summed E-state index contributed by atoms with van der Waals surface area (Å²) in [6.07, 6.45) is 6.04. The second-order valence-electron chi connectivity index (χ2n) is 9.29. The molecule has 2 N–H and O–H groups in total. The fourth-order valence-corrected chi connectivity index (χ4v) is 4.81. The van der Waals surface area contributed by atoms with Crippen LogP contribution in [0.2, 0.25) is 0 Å².